The quantitative estimate of drug-likeness (QED) is 0.808. The maximum absolute atomic E-state index is 13.6. The molecule has 0 heterocycles. The highest BCUT2D eigenvalue weighted by Gasteiger charge is 2.36. The molecule has 24 heavy (non-hydrogen) atoms. The zero-order valence-electron chi connectivity index (χ0n) is 13.4. The van der Waals surface area contributed by atoms with Gasteiger partial charge in [-0.1, -0.05) is 41.9 Å². The molecule has 6 heteroatoms. The summed E-state index contributed by atoms with van der Waals surface area (Å²) >= 11 is 6.04. The average molecular weight is 349 g/mol. The minimum Gasteiger partial charge on any atom is -0.351 e. The number of carbonyl (C=O) groups is 2. The van der Waals surface area contributed by atoms with Crippen LogP contribution in [0, 0.1) is 11.2 Å². The summed E-state index contributed by atoms with van der Waals surface area (Å²) in [5.74, 6) is -1.63. The van der Waals surface area contributed by atoms with Gasteiger partial charge < -0.3 is 10.6 Å². The molecule has 0 unspecified atom stereocenters. The van der Waals surface area contributed by atoms with Crippen molar-refractivity contribution in [3.63, 3.8) is 0 Å². The predicted molar refractivity (Wildman–Crippen MR) is 92.1 cm³/mol. The van der Waals surface area contributed by atoms with Gasteiger partial charge in [0.1, 0.15) is 11.2 Å². The van der Waals surface area contributed by atoms with Crippen molar-refractivity contribution < 1.29 is 14.0 Å². The first-order valence-electron chi connectivity index (χ1n) is 7.40. The number of hydrogen-bond acceptors (Lipinski definition) is 2. The van der Waals surface area contributed by atoms with E-state index in [2.05, 4.69) is 10.6 Å². The first kappa shape index (κ1) is 17.9. The Morgan fingerprint density at radius 1 is 1.04 bits per heavy atom. The largest absolute Gasteiger partial charge is 0.351 e. The van der Waals surface area contributed by atoms with Crippen LogP contribution >= 0.6 is 11.6 Å². The fourth-order valence-corrected chi connectivity index (χ4v) is 2.19. The van der Waals surface area contributed by atoms with E-state index in [4.69, 9.17) is 11.6 Å². The molecule has 2 aromatic rings. The van der Waals surface area contributed by atoms with Gasteiger partial charge >= 0.3 is 0 Å². The van der Waals surface area contributed by atoms with Gasteiger partial charge in [0.2, 0.25) is 11.8 Å². The van der Waals surface area contributed by atoms with Crippen molar-refractivity contribution in [1.82, 2.24) is 5.32 Å². The molecule has 2 aromatic carbocycles. The Bertz CT molecular complexity index is 762. The lowest BCUT2D eigenvalue weighted by Gasteiger charge is -2.23. The van der Waals surface area contributed by atoms with Crippen molar-refractivity contribution in [3.05, 3.63) is 64.9 Å². The SMILES string of the molecule is CC(C)(C(=O)NCc1ccccc1Cl)C(=O)Nc1ccccc1F. The van der Waals surface area contributed by atoms with E-state index in [1.165, 1.54) is 32.0 Å². The molecule has 2 amide bonds. The Morgan fingerprint density at radius 3 is 2.33 bits per heavy atom. The van der Waals surface area contributed by atoms with Gasteiger partial charge in [-0.25, -0.2) is 4.39 Å². The second-order valence-corrected chi connectivity index (χ2v) is 6.24. The van der Waals surface area contributed by atoms with Crippen molar-refractivity contribution in [2.24, 2.45) is 5.41 Å². The predicted octanol–water partition coefficient (Wildman–Crippen LogP) is 3.76. The fraction of sp³-hybridized carbons (Fsp3) is 0.222. The molecule has 2 N–H and O–H groups in total. The van der Waals surface area contributed by atoms with E-state index in [-0.39, 0.29) is 12.2 Å². The van der Waals surface area contributed by atoms with Crippen LogP contribution in [0.1, 0.15) is 19.4 Å². The molecule has 0 spiro atoms. The maximum Gasteiger partial charge on any atom is 0.239 e. The van der Waals surface area contributed by atoms with E-state index in [0.717, 1.165) is 5.56 Å². The number of carbonyl (C=O) groups excluding carboxylic acids is 2. The van der Waals surface area contributed by atoms with Crippen molar-refractivity contribution in [2.75, 3.05) is 5.32 Å². The minimum absolute atomic E-state index is 0.0366. The zero-order chi connectivity index (χ0) is 17.7. The maximum atomic E-state index is 13.6. The zero-order valence-corrected chi connectivity index (χ0v) is 14.2. The molecule has 0 aromatic heterocycles. The number of hydrogen-bond donors (Lipinski definition) is 2. The summed E-state index contributed by atoms with van der Waals surface area (Å²) in [6, 6.07) is 12.9. The van der Waals surface area contributed by atoms with Crippen LogP contribution in [-0.2, 0) is 16.1 Å². The van der Waals surface area contributed by atoms with Gasteiger partial charge in [-0.05, 0) is 37.6 Å². The van der Waals surface area contributed by atoms with E-state index in [1.807, 2.05) is 6.07 Å². The molecule has 0 saturated carbocycles. The topological polar surface area (TPSA) is 58.2 Å². The van der Waals surface area contributed by atoms with Crippen molar-refractivity contribution >= 4 is 29.1 Å². The summed E-state index contributed by atoms with van der Waals surface area (Å²) in [7, 11) is 0. The summed E-state index contributed by atoms with van der Waals surface area (Å²) in [5, 5.41) is 5.66. The molecule has 0 aliphatic rings. The van der Waals surface area contributed by atoms with E-state index >= 15 is 0 Å². The van der Waals surface area contributed by atoms with Gasteiger partial charge in [-0.15, -0.1) is 0 Å². The molecular weight excluding hydrogens is 331 g/mol. The highest BCUT2D eigenvalue weighted by molar-refractivity contribution is 6.31. The Morgan fingerprint density at radius 2 is 1.67 bits per heavy atom. The first-order valence-corrected chi connectivity index (χ1v) is 7.78. The fourth-order valence-electron chi connectivity index (χ4n) is 1.98. The molecule has 0 fully saturated rings. The van der Waals surface area contributed by atoms with Crippen LogP contribution in [0.2, 0.25) is 5.02 Å². The molecule has 0 aliphatic carbocycles. The smallest absolute Gasteiger partial charge is 0.239 e. The van der Waals surface area contributed by atoms with Crippen LogP contribution in [0.5, 0.6) is 0 Å². The first-order chi connectivity index (χ1) is 11.3. The molecular formula is C18H18ClFN2O2. The summed E-state index contributed by atoms with van der Waals surface area (Å²) in [6.07, 6.45) is 0. The van der Waals surface area contributed by atoms with Crippen LogP contribution in [-0.4, -0.2) is 11.8 Å². The van der Waals surface area contributed by atoms with Gasteiger partial charge in [0.25, 0.3) is 0 Å². The molecule has 0 aliphatic heterocycles. The van der Waals surface area contributed by atoms with Gasteiger partial charge in [0, 0.05) is 11.6 Å². The average Bonchev–Trinajstić information content (AvgIpc) is 2.55. The third-order valence-corrected chi connectivity index (χ3v) is 4.02. The summed E-state index contributed by atoms with van der Waals surface area (Å²) in [6.45, 7) is 3.16. The Hall–Kier alpha value is -2.40. The number of nitrogens with one attached hydrogen (secondary N) is 2. The third kappa shape index (κ3) is 4.11. The number of halogens is 2. The van der Waals surface area contributed by atoms with Gasteiger partial charge in [0.05, 0.1) is 5.69 Å². The van der Waals surface area contributed by atoms with Crippen LogP contribution < -0.4 is 10.6 Å². The summed E-state index contributed by atoms with van der Waals surface area (Å²) in [4.78, 5) is 24.7. The number of anilines is 1. The summed E-state index contributed by atoms with van der Waals surface area (Å²) < 4.78 is 13.6. The van der Waals surface area contributed by atoms with E-state index < -0.39 is 23.0 Å². The van der Waals surface area contributed by atoms with E-state index in [9.17, 15) is 14.0 Å². The lowest BCUT2D eigenvalue weighted by Crippen LogP contribution is -2.45. The van der Waals surface area contributed by atoms with Crippen LogP contribution in [0.4, 0.5) is 10.1 Å². The number of benzene rings is 2. The molecule has 0 radical (unpaired) electrons. The van der Waals surface area contributed by atoms with Crippen LogP contribution in [0.25, 0.3) is 0 Å². The van der Waals surface area contributed by atoms with Crippen molar-refractivity contribution in [2.45, 2.75) is 20.4 Å². The van der Waals surface area contributed by atoms with Crippen LogP contribution in [0.3, 0.4) is 0 Å². The summed E-state index contributed by atoms with van der Waals surface area (Å²) in [5.41, 5.74) is -0.587. The van der Waals surface area contributed by atoms with Gasteiger partial charge in [0.15, 0.2) is 0 Å². The molecule has 0 atom stereocenters. The van der Waals surface area contributed by atoms with Crippen molar-refractivity contribution in [1.29, 1.82) is 0 Å². The number of rotatable bonds is 5. The highest BCUT2D eigenvalue weighted by Crippen LogP contribution is 2.21. The lowest BCUT2D eigenvalue weighted by atomic mass is 9.90. The Labute approximate surface area is 145 Å². The molecule has 2 rings (SSSR count). The van der Waals surface area contributed by atoms with Gasteiger partial charge in [-0.3, -0.25) is 9.59 Å². The van der Waals surface area contributed by atoms with Gasteiger partial charge in [-0.2, -0.15) is 0 Å². The standard InChI is InChI=1S/C18H18ClFN2O2/c1-18(2,17(24)22-15-10-6-5-9-14(15)20)16(23)21-11-12-7-3-4-8-13(12)19/h3-10H,11H2,1-2H3,(H,21,23)(H,22,24). The van der Waals surface area contributed by atoms with E-state index in [0.29, 0.717) is 5.02 Å². The highest BCUT2D eigenvalue weighted by atomic mass is 35.5. The number of para-hydroxylation sites is 1. The van der Waals surface area contributed by atoms with Crippen LogP contribution in [0.15, 0.2) is 48.5 Å². The van der Waals surface area contributed by atoms with E-state index in [1.54, 1.807) is 24.3 Å². The second-order valence-electron chi connectivity index (χ2n) is 5.83. The number of amides is 2. The molecule has 4 nitrogen and oxygen atoms in total. The monoisotopic (exact) mass is 348 g/mol. The Kier molecular flexibility index (Phi) is 5.57. The lowest BCUT2D eigenvalue weighted by molar-refractivity contribution is -0.138. The molecule has 0 saturated heterocycles. The third-order valence-electron chi connectivity index (χ3n) is 3.65. The minimum atomic E-state index is -1.37. The normalized spacial score (nSPS) is 11.0. The van der Waals surface area contributed by atoms with Crippen molar-refractivity contribution in [3.8, 4) is 0 Å². The Balaban J connectivity index is 2.03. The second kappa shape index (κ2) is 7.45. The molecule has 0 bridgehead atoms. The molecule has 126 valence electrons.